The van der Waals surface area contributed by atoms with Crippen LogP contribution in [0.25, 0.3) is 0 Å². The molecule has 1 fully saturated rings. The van der Waals surface area contributed by atoms with Crippen molar-refractivity contribution in [3.8, 4) is 0 Å². The summed E-state index contributed by atoms with van der Waals surface area (Å²) in [7, 11) is 0. The Kier molecular flexibility index (Phi) is 4.89. The predicted molar refractivity (Wildman–Crippen MR) is 97.3 cm³/mol. The number of hydrogen-bond donors (Lipinski definition) is 1. The van der Waals surface area contributed by atoms with Gasteiger partial charge in [-0.3, -0.25) is 4.79 Å². The van der Waals surface area contributed by atoms with Gasteiger partial charge in [-0.15, -0.1) is 34.5 Å². The molecule has 1 atom stereocenters. The van der Waals surface area contributed by atoms with E-state index in [0.29, 0.717) is 23.6 Å². The lowest BCUT2D eigenvalue weighted by Gasteiger charge is -2.13. The van der Waals surface area contributed by atoms with Gasteiger partial charge in [0, 0.05) is 4.88 Å². The predicted octanol–water partition coefficient (Wildman–Crippen LogP) is 4.72. The molecule has 1 aromatic rings. The van der Waals surface area contributed by atoms with Gasteiger partial charge >= 0.3 is 5.97 Å². The summed E-state index contributed by atoms with van der Waals surface area (Å²) in [5, 5.41) is 3.47. The van der Waals surface area contributed by atoms with E-state index in [-0.39, 0.29) is 11.9 Å². The van der Waals surface area contributed by atoms with Crippen LogP contribution >= 0.6 is 34.5 Å². The van der Waals surface area contributed by atoms with Gasteiger partial charge in [0.25, 0.3) is 0 Å². The molecule has 1 heterocycles. The number of rotatable bonds is 4. The van der Waals surface area contributed by atoms with E-state index in [2.05, 4.69) is 5.32 Å². The third kappa shape index (κ3) is 3.06. The number of aryl methyl sites for hydroxylation is 1. The first kappa shape index (κ1) is 18.0. The van der Waals surface area contributed by atoms with Gasteiger partial charge in [-0.2, -0.15) is 0 Å². The van der Waals surface area contributed by atoms with Gasteiger partial charge in [0.15, 0.2) is 0 Å². The van der Waals surface area contributed by atoms with Crippen molar-refractivity contribution in [2.45, 2.75) is 56.7 Å². The summed E-state index contributed by atoms with van der Waals surface area (Å²) < 4.78 is 4.19. The van der Waals surface area contributed by atoms with E-state index in [9.17, 15) is 9.59 Å². The van der Waals surface area contributed by atoms with Crippen LogP contribution in [0.15, 0.2) is 0 Å². The van der Waals surface area contributed by atoms with Crippen molar-refractivity contribution in [2.75, 3.05) is 11.9 Å². The second-order valence-electron chi connectivity index (χ2n) is 6.66. The van der Waals surface area contributed by atoms with Crippen LogP contribution in [-0.2, 0) is 22.4 Å². The zero-order chi connectivity index (χ0) is 17.5. The zero-order valence-electron chi connectivity index (χ0n) is 13.8. The number of hydrogen-bond acceptors (Lipinski definition) is 4. The van der Waals surface area contributed by atoms with Crippen molar-refractivity contribution < 1.29 is 14.3 Å². The minimum atomic E-state index is -1.03. The summed E-state index contributed by atoms with van der Waals surface area (Å²) in [4.78, 5) is 26.2. The van der Waals surface area contributed by atoms with Crippen molar-refractivity contribution in [3.05, 3.63) is 16.0 Å². The number of thiophene rings is 1. The van der Waals surface area contributed by atoms with Crippen LogP contribution in [0.4, 0.5) is 5.00 Å². The van der Waals surface area contributed by atoms with E-state index < -0.39 is 9.75 Å². The maximum atomic E-state index is 12.6. The van der Waals surface area contributed by atoms with Crippen molar-refractivity contribution >= 4 is 51.4 Å². The van der Waals surface area contributed by atoms with Gasteiger partial charge in [-0.05, 0) is 51.5 Å². The summed E-state index contributed by atoms with van der Waals surface area (Å²) in [6.45, 7) is 3.83. The maximum absolute atomic E-state index is 12.6. The van der Waals surface area contributed by atoms with Crippen molar-refractivity contribution in [2.24, 2.45) is 5.41 Å². The van der Waals surface area contributed by atoms with Gasteiger partial charge in [0.05, 0.1) is 17.6 Å². The van der Waals surface area contributed by atoms with Crippen LogP contribution < -0.4 is 5.32 Å². The Morgan fingerprint density at radius 2 is 1.92 bits per heavy atom. The molecule has 0 aliphatic heterocycles. The molecular formula is C17H21Cl2NO3S. The molecule has 0 spiro atoms. The van der Waals surface area contributed by atoms with Crippen LogP contribution in [0, 0.1) is 5.41 Å². The lowest BCUT2D eigenvalue weighted by Crippen LogP contribution is -2.26. The molecule has 2 aliphatic rings. The highest BCUT2D eigenvalue weighted by Gasteiger charge is 2.68. The molecule has 1 unspecified atom stereocenters. The lowest BCUT2D eigenvalue weighted by molar-refractivity contribution is -0.120. The van der Waals surface area contributed by atoms with Crippen molar-refractivity contribution in [1.29, 1.82) is 0 Å². The van der Waals surface area contributed by atoms with Crippen LogP contribution in [0.3, 0.4) is 0 Å². The van der Waals surface area contributed by atoms with Gasteiger partial charge in [-0.25, -0.2) is 4.79 Å². The first-order chi connectivity index (χ1) is 11.3. The lowest BCUT2D eigenvalue weighted by atomic mass is 10.0. The van der Waals surface area contributed by atoms with E-state index in [1.165, 1.54) is 16.2 Å². The Bertz CT molecular complexity index is 686. The Hall–Kier alpha value is -0.780. The van der Waals surface area contributed by atoms with Crippen molar-refractivity contribution in [1.82, 2.24) is 0 Å². The topological polar surface area (TPSA) is 55.4 Å². The Labute approximate surface area is 155 Å². The number of nitrogens with one attached hydrogen (secondary N) is 1. The van der Waals surface area contributed by atoms with E-state index in [4.69, 9.17) is 27.9 Å². The smallest absolute Gasteiger partial charge is 0.341 e. The number of anilines is 1. The Morgan fingerprint density at radius 1 is 1.25 bits per heavy atom. The number of carbonyl (C=O) groups is 2. The van der Waals surface area contributed by atoms with Crippen LogP contribution in [-0.4, -0.2) is 22.8 Å². The number of halogens is 2. The number of esters is 1. The first-order valence-electron chi connectivity index (χ1n) is 8.31. The minimum absolute atomic E-state index is 0.241. The van der Waals surface area contributed by atoms with E-state index in [1.54, 1.807) is 13.8 Å². The number of amides is 1. The fourth-order valence-electron chi connectivity index (χ4n) is 3.14. The summed E-state index contributed by atoms with van der Waals surface area (Å²) in [5.41, 5.74) is 0.741. The molecular weight excluding hydrogens is 369 g/mol. The van der Waals surface area contributed by atoms with Crippen molar-refractivity contribution in [3.63, 3.8) is 0 Å². The third-order valence-corrected chi connectivity index (χ3v) is 7.20. The fraction of sp³-hybridized carbons (Fsp3) is 0.647. The Balaban J connectivity index is 1.92. The first-order valence-corrected chi connectivity index (χ1v) is 9.88. The van der Waals surface area contributed by atoms with Crippen LogP contribution in [0.1, 0.15) is 60.3 Å². The SMILES string of the molecule is CCOC(=O)c1c(NC(=O)C2(C)CC2(Cl)Cl)sc2c1CCCCC2. The molecule has 132 valence electrons. The fourth-order valence-corrected chi connectivity index (χ4v) is 5.12. The third-order valence-electron chi connectivity index (χ3n) is 4.89. The molecule has 0 bridgehead atoms. The highest BCUT2D eigenvalue weighted by Crippen LogP contribution is 2.64. The monoisotopic (exact) mass is 389 g/mol. The summed E-state index contributed by atoms with van der Waals surface area (Å²) in [6, 6.07) is 0. The quantitative estimate of drug-likeness (QED) is 0.460. The summed E-state index contributed by atoms with van der Waals surface area (Å²) in [5.74, 6) is -0.606. The molecule has 1 saturated carbocycles. The largest absolute Gasteiger partial charge is 0.462 e. The molecule has 1 aromatic heterocycles. The molecule has 4 nitrogen and oxygen atoms in total. The Morgan fingerprint density at radius 3 is 2.54 bits per heavy atom. The number of carbonyl (C=O) groups excluding carboxylic acids is 2. The second kappa shape index (κ2) is 6.50. The van der Waals surface area contributed by atoms with Gasteiger partial charge in [0.2, 0.25) is 5.91 Å². The number of alkyl halides is 2. The summed E-state index contributed by atoms with van der Waals surface area (Å²) >= 11 is 13.7. The molecule has 24 heavy (non-hydrogen) atoms. The molecule has 0 aromatic carbocycles. The minimum Gasteiger partial charge on any atom is -0.462 e. The van der Waals surface area contributed by atoms with Gasteiger partial charge in [0.1, 0.15) is 9.33 Å². The van der Waals surface area contributed by atoms with Gasteiger partial charge in [-0.1, -0.05) is 6.42 Å². The molecule has 1 N–H and O–H groups in total. The summed E-state index contributed by atoms with van der Waals surface area (Å²) in [6.07, 6.45) is 5.51. The average molecular weight is 390 g/mol. The maximum Gasteiger partial charge on any atom is 0.341 e. The molecule has 1 amide bonds. The van der Waals surface area contributed by atoms with E-state index in [0.717, 1.165) is 37.7 Å². The molecule has 3 rings (SSSR count). The second-order valence-corrected chi connectivity index (χ2v) is 9.25. The molecule has 0 radical (unpaired) electrons. The van der Waals surface area contributed by atoms with E-state index in [1.807, 2.05) is 0 Å². The average Bonchev–Trinajstić information content (AvgIpc) is 2.97. The van der Waals surface area contributed by atoms with E-state index >= 15 is 0 Å². The normalized spacial score (nSPS) is 24.7. The van der Waals surface area contributed by atoms with Crippen LogP contribution in [0.2, 0.25) is 0 Å². The molecule has 0 saturated heterocycles. The zero-order valence-corrected chi connectivity index (χ0v) is 16.2. The number of fused-ring (bicyclic) bond motifs is 1. The number of ether oxygens (including phenoxy) is 1. The van der Waals surface area contributed by atoms with Gasteiger partial charge < -0.3 is 10.1 Å². The highest BCUT2D eigenvalue weighted by molar-refractivity contribution is 7.17. The highest BCUT2D eigenvalue weighted by atomic mass is 35.5. The standard InChI is InChI=1S/C17H21Cl2NO3S/c1-3-23-14(21)12-10-7-5-4-6-8-11(10)24-13(12)20-15(22)16(2)9-17(16,18)19/h3-9H2,1-2H3,(H,20,22). The molecule has 7 heteroatoms. The molecule has 2 aliphatic carbocycles. The van der Waals surface area contributed by atoms with Crippen LogP contribution in [0.5, 0.6) is 0 Å².